The molecule has 2 aromatic carbocycles. The van der Waals surface area contributed by atoms with Crippen LogP contribution in [0.3, 0.4) is 0 Å². The molecule has 1 amide bonds. The molecule has 5 heteroatoms. The number of hydrogen-bond acceptors (Lipinski definition) is 4. The SMILES string of the molecule is Cc1ccc(-c2cnc(-c3ccccc3C(=O)NC(CN)C3CC3)o2)cc1. The quantitative estimate of drug-likeness (QED) is 0.700. The van der Waals surface area contributed by atoms with Gasteiger partial charge >= 0.3 is 0 Å². The van der Waals surface area contributed by atoms with Crippen LogP contribution in [-0.4, -0.2) is 23.5 Å². The largest absolute Gasteiger partial charge is 0.436 e. The van der Waals surface area contributed by atoms with Gasteiger partial charge in [0.2, 0.25) is 5.89 Å². The summed E-state index contributed by atoms with van der Waals surface area (Å²) >= 11 is 0. The van der Waals surface area contributed by atoms with Gasteiger partial charge in [-0.1, -0.05) is 42.0 Å². The fourth-order valence-corrected chi connectivity index (χ4v) is 3.23. The van der Waals surface area contributed by atoms with Crippen molar-refractivity contribution in [2.45, 2.75) is 25.8 Å². The lowest BCUT2D eigenvalue weighted by Crippen LogP contribution is -2.41. The Morgan fingerprint density at radius 2 is 1.96 bits per heavy atom. The number of aromatic nitrogens is 1. The van der Waals surface area contributed by atoms with Crippen LogP contribution in [0.1, 0.15) is 28.8 Å². The maximum atomic E-state index is 12.8. The lowest BCUT2D eigenvalue weighted by molar-refractivity contribution is 0.0934. The van der Waals surface area contributed by atoms with E-state index in [1.807, 2.05) is 49.4 Å². The van der Waals surface area contributed by atoms with Crippen molar-refractivity contribution in [3.63, 3.8) is 0 Å². The molecule has 1 atom stereocenters. The number of oxazole rings is 1. The van der Waals surface area contributed by atoms with Gasteiger partial charge in [-0.25, -0.2) is 4.98 Å². The Hall–Kier alpha value is -2.92. The summed E-state index contributed by atoms with van der Waals surface area (Å²) in [5.41, 5.74) is 9.19. The highest BCUT2D eigenvalue weighted by molar-refractivity contribution is 6.00. The summed E-state index contributed by atoms with van der Waals surface area (Å²) < 4.78 is 5.96. The normalized spacial score (nSPS) is 14.7. The minimum absolute atomic E-state index is 0.0261. The van der Waals surface area contributed by atoms with Gasteiger partial charge in [0.15, 0.2) is 5.76 Å². The van der Waals surface area contributed by atoms with E-state index in [0.717, 1.165) is 18.4 Å². The Balaban J connectivity index is 1.61. The Bertz CT molecular complexity index is 942. The standard InChI is InChI=1S/C22H23N3O2/c1-14-6-8-16(9-7-14)20-13-24-22(27-20)18-5-3-2-4-17(18)21(26)25-19(12-23)15-10-11-15/h2-9,13,15,19H,10-12,23H2,1H3,(H,25,26). The van der Waals surface area contributed by atoms with E-state index >= 15 is 0 Å². The molecule has 1 aliphatic carbocycles. The zero-order chi connectivity index (χ0) is 18.8. The molecule has 1 aromatic heterocycles. The van der Waals surface area contributed by atoms with Gasteiger partial charge in [-0.15, -0.1) is 0 Å². The van der Waals surface area contributed by atoms with Gasteiger partial charge in [-0.05, 0) is 37.8 Å². The second-order valence-electron chi connectivity index (χ2n) is 7.09. The highest BCUT2D eigenvalue weighted by Crippen LogP contribution is 2.33. The average molecular weight is 361 g/mol. The Morgan fingerprint density at radius 3 is 2.67 bits per heavy atom. The van der Waals surface area contributed by atoms with Crippen LogP contribution in [0.25, 0.3) is 22.8 Å². The molecule has 5 nitrogen and oxygen atoms in total. The third-order valence-electron chi connectivity index (χ3n) is 5.01. The van der Waals surface area contributed by atoms with Crippen molar-refractivity contribution in [2.75, 3.05) is 6.54 Å². The maximum absolute atomic E-state index is 12.8. The number of nitrogens with zero attached hydrogens (tertiary/aromatic N) is 1. The molecule has 0 aliphatic heterocycles. The van der Waals surface area contributed by atoms with Gasteiger partial charge < -0.3 is 15.5 Å². The van der Waals surface area contributed by atoms with E-state index in [0.29, 0.717) is 35.2 Å². The molecule has 0 radical (unpaired) electrons. The van der Waals surface area contributed by atoms with E-state index in [2.05, 4.69) is 10.3 Å². The van der Waals surface area contributed by atoms with Gasteiger partial charge in [-0.3, -0.25) is 4.79 Å². The van der Waals surface area contributed by atoms with Gasteiger partial charge in [0.05, 0.1) is 11.8 Å². The molecule has 0 spiro atoms. The molecule has 3 N–H and O–H groups in total. The number of benzene rings is 2. The van der Waals surface area contributed by atoms with Crippen LogP contribution in [0.5, 0.6) is 0 Å². The van der Waals surface area contributed by atoms with Crippen LogP contribution in [0, 0.1) is 12.8 Å². The summed E-state index contributed by atoms with van der Waals surface area (Å²) in [4.78, 5) is 17.2. The predicted molar refractivity (Wildman–Crippen MR) is 105 cm³/mol. The van der Waals surface area contributed by atoms with E-state index in [4.69, 9.17) is 10.2 Å². The second-order valence-corrected chi connectivity index (χ2v) is 7.09. The van der Waals surface area contributed by atoms with Crippen molar-refractivity contribution >= 4 is 5.91 Å². The number of rotatable bonds is 6. The van der Waals surface area contributed by atoms with Crippen LogP contribution in [0.15, 0.2) is 59.1 Å². The van der Waals surface area contributed by atoms with Gasteiger partial charge in [-0.2, -0.15) is 0 Å². The summed E-state index contributed by atoms with van der Waals surface area (Å²) in [5, 5.41) is 3.07. The zero-order valence-electron chi connectivity index (χ0n) is 15.3. The summed E-state index contributed by atoms with van der Waals surface area (Å²) in [6.07, 6.45) is 3.95. The lowest BCUT2D eigenvalue weighted by Gasteiger charge is -2.16. The number of carbonyl (C=O) groups excluding carboxylic acids is 1. The summed E-state index contributed by atoms with van der Waals surface area (Å²) in [5.74, 6) is 1.48. The minimum Gasteiger partial charge on any atom is -0.436 e. The van der Waals surface area contributed by atoms with Gasteiger partial charge in [0.25, 0.3) is 5.91 Å². The lowest BCUT2D eigenvalue weighted by atomic mass is 10.1. The topological polar surface area (TPSA) is 81.2 Å². The first-order valence-corrected chi connectivity index (χ1v) is 9.29. The van der Waals surface area contributed by atoms with Crippen LogP contribution >= 0.6 is 0 Å². The van der Waals surface area contributed by atoms with Crippen molar-refractivity contribution in [3.8, 4) is 22.8 Å². The third kappa shape index (κ3) is 3.78. The van der Waals surface area contributed by atoms with E-state index in [-0.39, 0.29) is 11.9 Å². The van der Waals surface area contributed by atoms with Crippen molar-refractivity contribution in [2.24, 2.45) is 11.7 Å². The van der Waals surface area contributed by atoms with E-state index in [1.165, 1.54) is 5.56 Å². The minimum atomic E-state index is -0.136. The van der Waals surface area contributed by atoms with Crippen LogP contribution in [0.4, 0.5) is 0 Å². The Kier molecular flexibility index (Phi) is 4.77. The molecule has 1 unspecified atom stereocenters. The molecule has 1 fully saturated rings. The first-order valence-electron chi connectivity index (χ1n) is 9.29. The van der Waals surface area contributed by atoms with Crippen molar-refractivity contribution in [3.05, 3.63) is 65.9 Å². The fourth-order valence-electron chi connectivity index (χ4n) is 3.23. The highest BCUT2D eigenvalue weighted by Gasteiger charge is 2.32. The molecule has 0 bridgehead atoms. The van der Waals surface area contributed by atoms with Crippen molar-refractivity contribution in [1.29, 1.82) is 0 Å². The number of amides is 1. The maximum Gasteiger partial charge on any atom is 0.252 e. The van der Waals surface area contributed by atoms with Crippen molar-refractivity contribution in [1.82, 2.24) is 10.3 Å². The summed E-state index contributed by atoms with van der Waals surface area (Å²) in [7, 11) is 0. The summed E-state index contributed by atoms with van der Waals surface area (Å²) in [6.45, 7) is 2.50. The number of carbonyl (C=O) groups is 1. The molecule has 3 aromatic rings. The molecular formula is C22H23N3O2. The smallest absolute Gasteiger partial charge is 0.252 e. The van der Waals surface area contributed by atoms with Gasteiger partial charge in [0, 0.05) is 23.7 Å². The van der Waals surface area contributed by atoms with Crippen molar-refractivity contribution < 1.29 is 9.21 Å². The predicted octanol–water partition coefficient (Wildman–Crippen LogP) is 3.78. The molecule has 1 saturated carbocycles. The van der Waals surface area contributed by atoms with E-state index in [9.17, 15) is 4.79 Å². The van der Waals surface area contributed by atoms with Crippen LogP contribution in [0.2, 0.25) is 0 Å². The third-order valence-corrected chi connectivity index (χ3v) is 5.01. The molecule has 0 saturated heterocycles. The summed E-state index contributed by atoms with van der Waals surface area (Å²) in [6, 6.07) is 15.5. The first kappa shape index (κ1) is 17.5. The highest BCUT2D eigenvalue weighted by atomic mass is 16.4. The molecule has 138 valence electrons. The van der Waals surface area contributed by atoms with Crippen LogP contribution in [-0.2, 0) is 0 Å². The molecule has 1 aliphatic rings. The van der Waals surface area contributed by atoms with E-state index in [1.54, 1.807) is 12.3 Å². The fraction of sp³-hybridized carbons (Fsp3) is 0.273. The second kappa shape index (κ2) is 7.37. The zero-order valence-corrected chi connectivity index (χ0v) is 15.3. The van der Waals surface area contributed by atoms with Gasteiger partial charge in [0.1, 0.15) is 0 Å². The van der Waals surface area contributed by atoms with Crippen LogP contribution < -0.4 is 11.1 Å². The molecule has 27 heavy (non-hydrogen) atoms. The number of aryl methyl sites for hydroxylation is 1. The number of hydrogen-bond donors (Lipinski definition) is 2. The number of nitrogens with two attached hydrogens (primary N) is 1. The molecule has 1 heterocycles. The Labute approximate surface area is 158 Å². The number of nitrogens with one attached hydrogen (secondary N) is 1. The Morgan fingerprint density at radius 1 is 1.22 bits per heavy atom. The van der Waals surface area contributed by atoms with E-state index < -0.39 is 0 Å². The first-order chi connectivity index (χ1) is 13.2. The monoisotopic (exact) mass is 361 g/mol. The average Bonchev–Trinajstić information content (AvgIpc) is 3.42. The molecular weight excluding hydrogens is 338 g/mol. The molecule has 4 rings (SSSR count).